The third-order valence-electron chi connectivity index (χ3n) is 3.99. The molecule has 0 aliphatic carbocycles. The van der Waals surface area contributed by atoms with Crippen LogP contribution in [0.25, 0.3) is 11.1 Å². The minimum atomic E-state index is -0.646. The summed E-state index contributed by atoms with van der Waals surface area (Å²) in [5.74, 6) is 0.00360. The molecule has 0 radical (unpaired) electrons. The van der Waals surface area contributed by atoms with Crippen LogP contribution in [0.4, 0.5) is 5.69 Å². The highest BCUT2D eigenvalue weighted by molar-refractivity contribution is 6.33. The minimum absolute atomic E-state index is 0.00360. The van der Waals surface area contributed by atoms with Crippen molar-refractivity contribution in [2.75, 3.05) is 5.32 Å². The zero-order chi connectivity index (χ0) is 15.9. The van der Waals surface area contributed by atoms with E-state index in [1.54, 1.807) is 0 Å². The molecular weight excluding hydrogens is 296 g/mol. The highest BCUT2D eigenvalue weighted by atomic mass is 35.5. The smallest absolute Gasteiger partial charge is 0.228 e. The van der Waals surface area contributed by atoms with E-state index in [0.29, 0.717) is 11.4 Å². The summed E-state index contributed by atoms with van der Waals surface area (Å²) in [5.41, 5.74) is 3.84. The molecule has 2 aromatic carbocycles. The molecule has 0 aromatic heterocycles. The molecule has 0 fully saturated rings. The molecule has 0 spiro atoms. The highest BCUT2D eigenvalue weighted by Crippen LogP contribution is 2.39. The summed E-state index contributed by atoms with van der Waals surface area (Å²) < 4.78 is 0. The fourth-order valence-corrected chi connectivity index (χ4v) is 3.07. The van der Waals surface area contributed by atoms with Gasteiger partial charge in [-0.2, -0.15) is 5.26 Å². The van der Waals surface area contributed by atoms with Gasteiger partial charge < -0.3 is 5.32 Å². The Hall–Kier alpha value is -2.31. The average Bonchev–Trinajstić information content (AvgIpc) is 2.86. The van der Waals surface area contributed by atoms with Crippen LogP contribution in [0.15, 0.2) is 36.4 Å². The first-order valence-corrected chi connectivity index (χ1v) is 7.43. The number of nitrogens with zero attached hydrogens (tertiary/aromatic N) is 1. The lowest BCUT2D eigenvalue weighted by Crippen LogP contribution is -2.15. The van der Waals surface area contributed by atoms with E-state index in [9.17, 15) is 10.1 Å². The molecule has 0 atom stereocenters. The quantitative estimate of drug-likeness (QED) is 0.899. The Balaban J connectivity index is 2.20. The zero-order valence-corrected chi connectivity index (χ0v) is 13.2. The second kappa shape index (κ2) is 5.15. The van der Waals surface area contributed by atoms with Gasteiger partial charge in [0.05, 0.1) is 17.9 Å². The Labute approximate surface area is 134 Å². The van der Waals surface area contributed by atoms with Crippen LogP contribution in [-0.2, 0) is 16.6 Å². The standard InChI is InChI=1S/C18H15ClN2O/c1-18(2,10-20)13-4-3-5-14(19)17(13)11-6-7-15-12(8-11)9-16(22)21-15/h3-8H,9H2,1-2H3,(H,21,22). The first-order valence-electron chi connectivity index (χ1n) is 7.06. The van der Waals surface area contributed by atoms with Gasteiger partial charge in [-0.1, -0.05) is 29.8 Å². The monoisotopic (exact) mass is 310 g/mol. The van der Waals surface area contributed by atoms with Gasteiger partial charge >= 0.3 is 0 Å². The van der Waals surface area contributed by atoms with Gasteiger partial charge in [0.15, 0.2) is 0 Å². The van der Waals surface area contributed by atoms with Gasteiger partial charge in [-0.15, -0.1) is 0 Å². The normalized spacial score (nSPS) is 13.5. The third-order valence-corrected chi connectivity index (χ3v) is 4.30. The molecule has 1 amide bonds. The van der Waals surface area contributed by atoms with E-state index in [1.807, 2.05) is 50.2 Å². The van der Waals surface area contributed by atoms with Crippen LogP contribution in [0.3, 0.4) is 0 Å². The van der Waals surface area contributed by atoms with Crippen molar-refractivity contribution in [3.8, 4) is 17.2 Å². The lowest BCUT2D eigenvalue weighted by Gasteiger charge is -2.21. The van der Waals surface area contributed by atoms with E-state index >= 15 is 0 Å². The molecule has 4 heteroatoms. The molecule has 1 N–H and O–H groups in total. The SMILES string of the molecule is CC(C)(C#N)c1cccc(Cl)c1-c1ccc2c(c1)CC(=O)N2. The number of rotatable bonds is 2. The van der Waals surface area contributed by atoms with E-state index in [1.165, 1.54) is 0 Å². The maximum absolute atomic E-state index is 11.5. The number of hydrogen-bond donors (Lipinski definition) is 1. The van der Waals surface area contributed by atoms with Crippen molar-refractivity contribution in [1.82, 2.24) is 0 Å². The maximum atomic E-state index is 11.5. The van der Waals surface area contributed by atoms with Crippen molar-refractivity contribution < 1.29 is 4.79 Å². The Morgan fingerprint density at radius 1 is 1.27 bits per heavy atom. The first kappa shape index (κ1) is 14.6. The fraction of sp³-hybridized carbons (Fsp3) is 0.222. The van der Waals surface area contributed by atoms with Gasteiger partial charge in [0.2, 0.25) is 5.91 Å². The van der Waals surface area contributed by atoms with Crippen LogP contribution in [-0.4, -0.2) is 5.91 Å². The van der Waals surface area contributed by atoms with Crippen molar-refractivity contribution >= 4 is 23.2 Å². The number of nitrogens with one attached hydrogen (secondary N) is 1. The van der Waals surface area contributed by atoms with Gasteiger partial charge in [0, 0.05) is 16.3 Å². The minimum Gasteiger partial charge on any atom is -0.326 e. The Morgan fingerprint density at radius 3 is 2.77 bits per heavy atom. The topological polar surface area (TPSA) is 52.9 Å². The summed E-state index contributed by atoms with van der Waals surface area (Å²) in [7, 11) is 0. The number of nitriles is 1. The van der Waals surface area contributed by atoms with E-state index < -0.39 is 5.41 Å². The molecule has 3 nitrogen and oxygen atoms in total. The van der Waals surface area contributed by atoms with Gasteiger partial charge in [-0.05, 0) is 48.7 Å². The molecule has 1 aliphatic rings. The Kier molecular flexibility index (Phi) is 3.42. The van der Waals surface area contributed by atoms with Crippen molar-refractivity contribution in [3.63, 3.8) is 0 Å². The van der Waals surface area contributed by atoms with Gasteiger partial charge in [-0.3, -0.25) is 4.79 Å². The molecule has 0 bridgehead atoms. The molecule has 1 aliphatic heterocycles. The molecule has 110 valence electrons. The lowest BCUT2D eigenvalue weighted by molar-refractivity contribution is -0.115. The van der Waals surface area contributed by atoms with Gasteiger partial charge in [0.1, 0.15) is 0 Å². The molecule has 3 rings (SSSR count). The number of benzene rings is 2. The molecule has 0 unspecified atom stereocenters. The van der Waals surface area contributed by atoms with Crippen molar-refractivity contribution in [2.45, 2.75) is 25.7 Å². The van der Waals surface area contributed by atoms with Crippen LogP contribution in [0.5, 0.6) is 0 Å². The van der Waals surface area contributed by atoms with E-state index in [-0.39, 0.29) is 5.91 Å². The van der Waals surface area contributed by atoms with Crippen LogP contribution >= 0.6 is 11.6 Å². The second-order valence-electron chi connectivity index (χ2n) is 6.00. The van der Waals surface area contributed by atoms with E-state index in [0.717, 1.165) is 27.9 Å². The molecule has 0 saturated carbocycles. The number of carbonyl (C=O) groups is 1. The van der Waals surface area contributed by atoms with Gasteiger partial charge in [0.25, 0.3) is 0 Å². The summed E-state index contributed by atoms with van der Waals surface area (Å²) in [6, 6.07) is 13.7. The summed E-state index contributed by atoms with van der Waals surface area (Å²) in [6.45, 7) is 3.75. The number of carbonyl (C=O) groups excluding carboxylic acids is 1. The van der Waals surface area contributed by atoms with Crippen molar-refractivity contribution in [3.05, 3.63) is 52.5 Å². The third kappa shape index (κ3) is 2.36. The predicted octanol–water partition coefficient (Wildman–Crippen LogP) is 4.30. The van der Waals surface area contributed by atoms with E-state index in [4.69, 9.17) is 11.6 Å². The molecule has 22 heavy (non-hydrogen) atoms. The number of hydrogen-bond acceptors (Lipinski definition) is 2. The summed E-state index contributed by atoms with van der Waals surface area (Å²) >= 11 is 6.41. The van der Waals surface area contributed by atoms with Crippen molar-refractivity contribution in [2.24, 2.45) is 0 Å². The molecule has 2 aromatic rings. The maximum Gasteiger partial charge on any atom is 0.228 e. The number of fused-ring (bicyclic) bond motifs is 1. The molecule has 1 heterocycles. The summed E-state index contributed by atoms with van der Waals surface area (Å²) in [6.07, 6.45) is 0.380. The van der Waals surface area contributed by atoms with Crippen LogP contribution in [0.1, 0.15) is 25.0 Å². The summed E-state index contributed by atoms with van der Waals surface area (Å²) in [5, 5.41) is 12.9. The summed E-state index contributed by atoms with van der Waals surface area (Å²) in [4.78, 5) is 11.5. The Morgan fingerprint density at radius 2 is 2.05 bits per heavy atom. The molecular formula is C18H15ClN2O. The zero-order valence-electron chi connectivity index (χ0n) is 12.4. The Bertz CT molecular complexity index is 818. The number of amides is 1. The highest BCUT2D eigenvalue weighted by Gasteiger charge is 2.26. The lowest BCUT2D eigenvalue weighted by atomic mass is 9.81. The average molecular weight is 311 g/mol. The number of halogens is 1. The van der Waals surface area contributed by atoms with Crippen LogP contribution < -0.4 is 5.32 Å². The molecule has 0 saturated heterocycles. The largest absolute Gasteiger partial charge is 0.326 e. The first-order chi connectivity index (χ1) is 10.4. The predicted molar refractivity (Wildman–Crippen MR) is 87.9 cm³/mol. The second-order valence-corrected chi connectivity index (χ2v) is 6.40. The van der Waals surface area contributed by atoms with Crippen LogP contribution in [0, 0.1) is 11.3 Å². The fourth-order valence-electron chi connectivity index (χ4n) is 2.78. The van der Waals surface area contributed by atoms with E-state index in [2.05, 4.69) is 11.4 Å². The van der Waals surface area contributed by atoms with Crippen molar-refractivity contribution in [1.29, 1.82) is 5.26 Å². The van der Waals surface area contributed by atoms with Gasteiger partial charge in [-0.25, -0.2) is 0 Å². The van der Waals surface area contributed by atoms with Crippen LogP contribution in [0.2, 0.25) is 5.02 Å². The number of anilines is 1.